The SMILES string of the molecule is OCCOCn1c(SCc2ccccc2)nc2c(Cl)c(Cl)ccc21. The Hall–Kier alpha value is -1.24. The third-order valence-electron chi connectivity index (χ3n) is 3.44. The van der Waals surface area contributed by atoms with Gasteiger partial charge in [0.2, 0.25) is 0 Å². The second kappa shape index (κ2) is 8.23. The third-order valence-corrected chi connectivity index (χ3v) is 5.29. The zero-order valence-corrected chi connectivity index (χ0v) is 15.1. The predicted molar refractivity (Wildman–Crippen MR) is 98.8 cm³/mol. The molecule has 0 saturated carbocycles. The van der Waals surface area contributed by atoms with E-state index >= 15 is 0 Å². The summed E-state index contributed by atoms with van der Waals surface area (Å²) >= 11 is 14.0. The highest BCUT2D eigenvalue weighted by atomic mass is 35.5. The van der Waals surface area contributed by atoms with Crippen LogP contribution in [0.15, 0.2) is 47.6 Å². The lowest BCUT2D eigenvalue weighted by Gasteiger charge is -2.09. The van der Waals surface area contributed by atoms with Crippen LogP contribution >= 0.6 is 35.0 Å². The minimum atomic E-state index is -0.0221. The maximum atomic E-state index is 8.92. The number of hydrogen-bond acceptors (Lipinski definition) is 4. The van der Waals surface area contributed by atoms with Crippen molar-refractivity contribution in [3.8, 4) is 0 Å². The number of halogens is 2. The molecule has 0 saturated heterocycles. The summed E-state index contributed by atoms with van der Waals surface area (Å²) in [5, 5.41) is 10.6. The fourth-order valence-corrected chi connectivity index (χ4v) is 3.60. The van der Waals surface area contributed by atoms with E-state index in [1.54, 1.807) is 17.8 Å². The highest BCUT2D eigenvalue weighted by Crippen LogP contribution is 2.34. The Morgan fingerprint density at radius 3 is 2.67 bits per heavy atom. The predicted octanol–water partition coefficient (Wildman–Crippen LogP) is 4.60. The normalized spacial score (nSPS) is 11.3. The average Bonchev–Trinajstić information content (AvgIpc) is 2.96. The molecule has 1 aromatic heterocycles. The van der Waals surface area contributed by atoms with Gasteiger partial charge in [-0.05, 0) is 17.7 Å². The van der Waals surface area contributed by atoms with E-state index in [-0.39, 0.29) is 13.2 Å². The maximum absolute atomic E-state index is 8.92. The molecule has 1 heterocycles. The highest BCUT2D eigenvalue weighted by molar-refractivity contribution is 7.98. The Bertz CT molecular complexity index is 824. The van der Waals surface area contributed by atoms with E-state index in [1.807, 2.05) is 28.8 Å². The number of nitrogens with zero attached hydrogens (tertiary/aromatic N) is 2. The Labute approximate surface area is 154 Å². The zero-order chi connectivity index (χ0) is 16.9. The number of thioether (sulfide) groups is 1. The summed E-state index contributed by atoms with van der Waals surface area (Å²) in [5.41, 5.74) is 2.73. The van der Waals surface area contributed by atoms with Crippen LogP contribution in [0.3, 0.4) is 0 Å². The van der Waals surface area contributed by atoms with E-state index in [2.05, 4.69) is 17.1 Å². The molecule has 2 aromatic carbocycles. The number of aliphatic hydroxyl groups is 1. The zero-order valence-electron chi connectivity index (χ0n) is 12.8. The monoisotopic (exact) mass is 382 g/mol. The molecule has 0 aliphatic carbocycles. The van der Waals surface area contributed by atoms with E-state index in [9.17, 15) is 0 Å². The quantitative estimate of drug-likeness (QED) is 0.479. The van der Waals surface area contributed by atoms with Gasteiger partial charge in [-0.3, -0.25) is 4.57 Å². The molecular formula is C17H16Cl2N2O2S. The van der Waals surface area contributed by atoms with Gasteiger partial charge in [0.25, 0.3) is 0 Å². The minimum absolute atomic E-state index is 0.0221. The van der Waals surface area contributed by atoms with Crippen LogP contribution in [0, 0.1) is 0 Å². The fraction of sp³-hybridized carbons (Fsp3) is 0.235. The van der Waals surface area contributed by atoms with E-state index in [0.717, 1.165) is 16.4 Å². The second-order valence-corrected chi connectivity index (χ2v) is 6.81. The van der Waals surface area contributed by atoms with Gasteiger partial charge in [0.05, 0.1) is 28.8 Å². The smallest absolute Gasteiger partial charge is 0.171 e. The van der Waals surface area contributed by atoms with Crippen molar-refractivity contribution in [2.24, 2.45) is 0 Å². The van der Waals surface area contributed by atoms with E-state index < -0.39 is 0 Å². The van der Waals surface area contributed by atoms with Crippen molar-refractivity contribution < 1.29 is 9.84 Å². The van der Waals surface area contributed by atoms with Crippen LogP contribution in [0.1, 0.15) is 5.56 Å². The molecule has 0 atom stereocenters. The van der Waals surface area contributed by atoms with Crippen LogP contribution in [0.4, 0.5) is 0 Å². The summed E-state index contributed by atoms with van der Waals surface area (Å²) in [7, 11) is 0. The molecule has 0 spiro atoms. The molecule has 4 nitrogen and oxygen atoms in total. The van der Waals surface area contributed by atoms with Crippen LogP contribution in [0.5, 0.6) is 0 Å². The van der Waals surface area contributed by atoms with Crippen molar-refractivity contribution in [1.82, 2.24) is 9.55 Å². The lowest BCUT2D eigenvalue weighted by molar-refractivity contribution is 0.0461. The van der Waals surface area contributed by atoms with Crippen molar-refractivity contribution in [3.05, 3.63) is 58.1 Å². The Morgan fingerprint density at radius 2 is 1.92 bits per heavy atom. The largest absolute Gasteiger partial charge is 0.394 e. The molecule has 7 heteroatoms. The topological polar surface area (TPSA) is 47.3 Å². The van der Waals surface area contributed by atoms with Gasteiger partial charge in [-0.15, -0.1) is 0 Å². The summed E-state index contributed by atoms with van der Waals surface area (Å²) in [4.78, 5) is 4.63. The molecule has 0 aliphatic rings. The van der Waals surface area contributed by atoms with Crippen LogP contribution in [-0.2, 0) is 17.2 Å². The van der Waals surface area contributed by atoms with Crippen LogP contribution in [0.2, 0.25) is 10.0 Å². The molecular weight excluding hydrogens is 367 g/mol. The summed E-state index contributed by atoms with van der Waals surface area (Å²) in [6, 6.07) is 13.8. The minimum Gasteiger partial charge on any atom is -0.394 e. The number of fused-ring (bicyclic) bond motifs is 1. The molecule has 0 radical (unpaired) electrons. The Morgan fingerprint density at radius 1 is 1.12 bits per heavy atom. The van der Waals surface area contributed by atoms with Crippen molar-refractivity contribution >= 4 is 46.0 Å². The van der Waals surface area contributed by atoms with Gasteiger partial charge in [0.1, 0.15) is 12.2 Å². The standard InChI is InChI=1S/C17H16Cl2N2O2S/c18-13-6-7-14-16(15(13)19)20-17(21(14)11-23-9-8-22)24-10-12-4-2-1-3-5-12/h1-7,22H,8-11H2. The van der Waals surface area contributed by atoms with Crippen molar-refractivity contribution in [3.63, 3.8) is 0 Å². The Balaban J connectivity index is 1.92. The molecule has 3 aromatic rings. The van der Waals surface area contributed by atoms with E-state index in [1.165, 1.54) is 5.56 Å². The van der Waals surface area contributed by atoms with Gasteiger partial charge in [0, 0.05) is 5.75 Å². The first-order chi connectivity index (χ1) is 11.7. The van der Waals surface area contributed by atoms with Gasteiger partial charge in [0.15, 0.2) is 5.16 Å². The molecule has 1 N–H and O–H groups in total. The number of hydrogen-bond donors (Lipinski definition) is 1. The molecule has 0 amide bonds. The molecule has 0 bridgehead atoms. The number of imidazole rings is 1. The summed E-state index contributed by atoms with van der Waals surface area (Å²) in [6.07, 6.45) is 0. The number of ether oxygens (including phenoxy) is 1. The fourth-order valence-electron chi connectivity index (χ4n) is 2.29. The van der Waals surface area contributed by atoms with E-state index in [0.29, 0.717) is 22.3 Å². The molecule has 126 valence electrons. The highest BCUT2D eigenvalue weighted by Gasteiger charge is 2.15. The van der Waals surface area contributed by atoms with Crippen molar-refractivity contribution in [2.75, 3.05) is 13.2 Å². The lowest BCUT2D eigenvalue weighted by atomic mass is 10.2. The lowest BCUT2D eigenvalue weighted by Crippen LogP contribution is -2.07. The molecule has 0 unspecified atom stereocenters. The van der Waals surface area contributed by atoms with Crippen molar-refractivity contribution in [1.29, 1.82) is 0 Å². The summed E-state index contributed by atoms with van der Waals surface area (Å²) < 4.78 is 7.43. The summed E-state index contributed by atoms with van der Waals surface area (Å²) in [5.74, 6) is 0.787. The first-order valence-corrected chi connectivity index (χ1v) is 9.14. The van der Waals surface area contributed by atoms with Gasteiger partial charge in [-0.2, -0.15) is 0 Å². The third kappa shape index (κ3) is 3.87. The second-order valence-electron chi connectivity index (χ2n) is 5.09. The number of aliphatic hydroxyl groups excluding tert-OH is 1. The molecule has 0 aliphatic heterocycles. The van der Waals surface area contributed by atoms with E-state index in [4.69, 9.17) is 33.0 Å². The van der Waals surface area contributed by atoms with Crippen LogP contribution in [0.25, 0.3) is 11.0 Å². The summed E-state index contributed by atoms with van der Waals surface area (Å²) in [6.45, 7) is 0.543. The van der Waals surface area contributed by atoms with Crippen molar-refractivity contribution in [2.45, 2.75) is 17.6 Å². The average molecular weight is 383 g/mol. The number of benzene rings is 2. The van der Waals surface area contributed by atoms with Gasteiger partial charge in [-0.1, -0.05) is 65.3 Å². The Kier molecular flexibility index (Phi) is 6.03. The van der Waals surface area contributed by atoms with Gasteiger partial charge in [-0.25, -0.2) is 4.98 Å². The molecule has 0 fully saturated rings. The number of rotatable bonds is 7. The van der Waals surface area contributed by atoms with Gasteiger partial charge < -0.3 is 9.84 Å². The first kappa shape index (κ1) is 17.6. The molecule has 24 heavy (non-hydrogen) atoms. The van der Waals surface area contributed by atoms with Crippen LogP contribution in [-0.4, -0.2) is 27.9 Å². The first-order valence-electron chi connectivity index (χ1n) is 7.40. The molecule has 3 rings (SSSR count). The van der Waals surface area contributed by atoms with Crippen LogP contribution < -0.4 is 0 Å². The van der Waals surface area contributed by atoms with Gasteiger partial charge >= 0.3 is 0 Å². The number of aromatic nitrogens is 2. The maximum Gasteiger partial charge on any atom is 0.171 e.